The Morgan fingerprint density at radius 2 is 2.17 bits per heavy atom. The van der Waals surface area contributed by atoms with Crippen molar-refractivity contribution in [2.45, 2.75) is 25.7 Å². The molecule has 1 fully saturated rings. The van der Waals surface area contributed by atoms with Gasteiger partial charge in [-0.25, -0.2) is 14.6 Å². The van der Waals surface area contributed by atoms with Crippen molar-refractivity contribution in [3.05, 3.63) is 49.1 Å². The van der Waals surface area contributed by atoms with Crippen LogP contribution in [-0.4, -0.2) is 30.8 Å². The van der Waals surface area contributed by atoms with Gasteiger partial charge in [0.05, 0.1) is 0 Å². The summed E-state index contributed by atoms with van der Waals surface area (Å²) in [6.45, 7) is 3.54. The zero-order valence-corrected chi connectivity index (χ0v) is 13.2. The number of allylic oxidation sites excluding steroid dienone is 2. The van der Waals surface area contributed by atoms with Crippen LogP contribution in [-0.2, 0) is 4.79 Å². The summed E-state index contributed by atoms with van der Waals surface area (Å²) in [7, 11) is 0. The summed E-state index contributed by atoms with van der Waals surface area (Å²) in [6.07, 6.45) is 10.1. The molecule has 0 aromatic carbocycles. The van der Waals surface area contributed by atoms with Gasteiger partial charge in [-0.15, -0.1) is 0 Å². The summed E-state index contributed by atoms with van der Waals surface area (Å²) in [5.41, 5.74) is 0. The van der Waals surface area contributed by atoms with Crippen molar-refractivity contribution in [2.75, 3.05) is 5.32 Å². The highest BCUT2D eigenvalue weighted by Gasteiger charge is 2.23. The molecular weight excluding hydrogens is 306 g/mol. The van der Waals surface area contributed by atoms with Gasteiger partial charge < -0.3 is 10.4 Å². The van der Waals surface area contributed by atoms with Gasteiger partial charge in [-0.2, -0.15) is 5.10 Å². The van der Waals surface area contributed by atoms with E-state index in [1.54, 1.807) is 24.5 Å². The number of nitrogens with zero attached hydrogens (tertiary/aromatic N) is 4. The largest absolute Gasteiger partial charge is 0.504 e. The lowest BCUT2D eigenvalue weighted by molar-refractivity contribution is -0.119. The minimum absolute atomic E-state index is 0.0221. The Bertz CT molecular complexity index is 761. The first-order valence-corrected chi connectivity index (χ1v) is 7.89. The van der Waals surface area contributed by atoms with Crippen LogP contribution < -0.4 is 5.32 Å². The molecule has 0 radical (unpaired) electrons. The van der Waals surface area contributed by atoms with Crippen LogP contribution in [0.5, 0.6) is 0 Å². The average Bonchev–Trinajstić information content (AvgIpc) is 3.28. The number of carbonyl (C=O) groups is 1. The number of carbonyl (C=O) groups excluding carboxylic acids is 1. The van der Waals surface area contributed by atoms with Crippen LogP contribution in [0.1, 0.15) is 31.5 Å². The third-order valence-corrected chi connectivity index (χ3v) is 3.93. The molecule has 1 amide bonds. The zero-order valence-electron chi connectivity index (χ0n) is 13.2. The van der Waals surface area contributed by atoms with Gasteiger partial charge in [-0.05, 0) is 25.0 Å². The molecule has 3 rings (SSSR count). The molecule has 7 heteroatoms. The van der Waals surface area contributed by atoms with E-state index in [1.807, 2.05) is 0 Å². The Kier molecular flexibility index (Phi) is 4.69. The highest BCUT2D eigenvalue weighted by atomic mass is 16.3. The number of aliphatic hydroxyl groups is 1. The van der Waals surface area contributed by atoms with E-state index < -0.39 is 0 Å². The Hall–Kier alpha value is -2.96. The fourth-order valence-corrected chi connectivity index (χ4v) is 2.74. The minimum atomic E-state index is -0.129. The highest BCUT2D eigenvalue weighted by molar-refractivity contribution is 5.92. The van der Waals surface area contributed by atoms with E-state index >= 15 is 0 Å². The molecule has 0 spiro atoms. The van der Waals surface area contributed by atoms with Crippen LogP contribution >= 0.6 is 0 Å². The standard InChI is InChI=1S/C17H19N5O2/c1-2-6-13(23)16-19-14(20-17(24)12-7-3-4-8-12)11-15(21-16)22-10-5-9-18-22/h2,5-6,9-12,23H,1,3-4,7-8H2,(H,19,20,21,24)/b13-6-. The lowest BCUT2D eigenvalue weighted by atomic mass is 10.1. The van der Waals surface area contributed by atoms with Crippen LogP contribution in [0.15, 0.2) is 43.3 Å². The highest BCUT2D eigenvalue weighted by Crippen LogP contribution is 2.26. The number of rotatable bonds is 5. The number of hydrogen-bond donors (Lipinski definition) is 2. The third kappa shape index (κ3) is 3.51. The number of aliphatic hydroxyl groups excluding tert-OH is 1. The first kappa shape index (κ1) is 15.9. The van der Waals surface area contributed by atoms with E-state index in [1.165, 1.54) is 16.8 Å². The van der Waals surface area contributed by atoms with Crippen molar-refractivity contribution in [1.82, 2.24) is 19.7 Å². The van der Waals surface area contributed by atoms with Crippen LogP contribution in [0, 0.1) is 5.92 Å². The van der Waals surface area contributed by atoms with E-state index in [9.17, 15) is 9.90 Å². The Balaban J connectivity index is 1.93. The molecule has 24 heavy (non-hydrogen) atoms. The van der Waals surface area contributed by atoms with E-state index in [0.29, 0.717) is 11.6 Å². The third-order valence-electron chi connectivity index (χ3n) is 3.93. The van der Waals surface area contributed by atoms with Gasteiger partial charge in [-0.3, -0.25) is 4.79 Å². The Morgan fingerprint density at radius 3 is 2.83 bits per heavy atom. The van der Waals surface area contributed by atoms with Crippen LogP contribution in [0.2, 0.25) is 0 Å². The molecule has 0 bridgehead atoms. The van der Waals surface area contributed by atoms with Gasteiger partial charge in [0.25, 0.3) is 0 Å². The predicted octanol–water partition coefficient (Wildman–Crippen LogP) is 2.88. The van der Waals surface area contributed by atoms with E-state index in [4.69, 9.17) is 0 Å². The summed E-state index contributed by atoms with van der Waals surface area (Å²) >= 11 is 0. The minimum Gasteiger partial charge on any atom is -0.504 e. The second-order valence-corrected chi connectivity index (χ2v) is 5.64. The van der Waals surface area contributed by atoms with E-state index in [0.717, 1.165) is 25.7 Å². The Morgan fingerprint density at radius 1 is 1.38 bits per heavy atom. The summed E-state index contributed by atoms with van der Waals surface area (Å²) in [5, 5.41) is 17.0. The molecule has 2 heterocycles. The predicted molar refractivity (Wildman–Crippen MR) is 90.5 cm³/mol. The number of anilines is 1. The molecule has 0 aliphatic heterocycles. The molecule has 1 aliphatic rings. The van der Waals surface area contributed by atoms with Crippen molar-refractivity contribution in [3.63, 3.8) is 0 Å². The van der Waals surface area contributed by atoms with Gasteiger partial charge in [0.15, 0.2) is 17.4 Å². The molecule has 7 nitrogen and oxygen atoms in total. The second-order valence-electron chi connectivity index (χ2n) is 5.64. The quantitative estimate of drug-likeness (QED) is 0.651. The van der Waals surface area contributed by atoms with Gasteiger partial charge >= 0.3 is 0 Å². The normalized spacial score (nSPS) is 15.4. The molecule has 124 valence electrons. The first-order chi connectivity index (χ1) is 11.7. The number of nitrogens with one attached hydrogen (secondary N) is 1. The summed E-state index contributed by atoms with van der Waals surface area (Å²) in [5.74, 6) is 0.742. The van der Waals surface area contributed by atoms with Crippen LogP contribution in [0.25, 0.3) is 11.6 Å². The molecule has 0 saturated heterocycles. The van der Waals surface area contributed by atoms with Crippen molar-refractivity contribution in [3.8, 4) is 5.82 Å². The number of hydrogen-bond acceptors (Lipinski definition) is 5. The molecule has 0 atom stereocenters. The fraction of sp³-hybridized carbons (Fsp3) is 0.294. The Labute approximate surface area is 139 Å². The van der Waals surface area contributed by atoms with Crippen LogP contribution in [0.4, 0.5) is 5.82 Å². The zero-order chi connectivity index (χ0) is 16.9. The maximum Gasteiger partial charge on any atom is 0.228 e. The molecule has 1 saturated carbocycles. The SMILES string of the molecule is C=C/C=C(\O)c1nc(NC(=O)C2CCCC2)cc(-n2cccn2)n1. The molecule has 1 aliphatic carbocycles. The second kappa shape index (κ2) is 7.08. The fourth-order valence-electron chi connectivity index (χ4n) is 2.74. The average molecular weight is 325 g/mol. The van der Waals surface area contributed by atoms with Gasteiger partial charge in [0.1, 0.15) is 5.82 Å². The topological polar surface area (TPSA) is 92.9 Å². The lowest BCUT2D eigenvalue weighted by Crippen LogP contribution is -2.21. The monoisotopic (exact) mass is 325 g/mol. The van der Waals surface area contributed by atoms with Crippen LogP contribution in [0.3, 0.4) is 0 Å². The smallest absolute Gasteiger partial charge is 0.228 e. The van der Waals surface area contributed by atoms with Gasteiger partial charge in [0, 0.05) is 24.4 Å². The summed E-state index contributed by atoms with van der Waals surface area (Å²) in [6, 6.07) is 3.39. The maximum atomic E-state index is 12.3. The maximum absolute atomic E-state index is 12.3. The van der Waals surface area contributed by atoms with E-state index in [-0.39, 0.29) is 23.4 Å². The van der Waals surface area contributed by atoms with Crippen molar-refractivity contribution in [2.24, 2.45) is 5.92 Å². The number of amides is 1. The molecule has 2 aromatic rings. The van der Waals surface area contributed by atoms with Crippen molar-refractivity contribution in [1.29, 1.82) is 0 Å². The van der Waals surface area contributed by atoms with Gasteiger partial charge in [0.2, 0.25) is 5.91 Å². The lowest BCUT2D eigenvalue weighted by Gasteiger charge is -2.12. The van der Waals surface area contributed by atoms with Crippen molar-refractivity contribution < 1.29 is 9.90 Å². The summed E-state index contributed by atoms with van der Waals surface area (Å²) < 4.78 is 1.54. The number of aromatic nitrogens is 4. The van der Waals surface area contributed by atoms with Gasteiger partial charge in [-0.1, -0.05) is 25.5 Å². The summed E-state index contributed by atoms with van der Waals surface area (Å²) in [4.78, 5) is 20.8. The molecule has 2 N–H and O–H groups in total. The molecule has 0 unspecified atom stereocenters. The van der Waals surface area contributed by atoms with E-state index in [2.05, 4.69) is 27.0 Å². The molecular formula is C17H19N5O2. The van der Waals surface area contributed by atoms with Crippen molar-refractivity contribution >= 4 is 17.5 Å². The molecule has 2 aromatic heterocycles. The first-order valence-electron chi connectivity index (χ1n) is 7.89.